The molecule has 3 N–H and O–H groups in total. The molecule has 2 aromatic rings. The van der Waals surface area contributed by atoms with Crippen molar-refractivity contribution in [2.75, 3.05) is 11.1 Å². The lowest BCUT2D eigenvalue weighted by atomic mass is 10.3. The van der Waals surface area contributed by atoms with Crippen molar-refractivity contribution >= 4 is 34.4 Å². The topological polar surface area (TPSA) is 63.8 Å². The lowest BCUT2D eigenvalue weighted by Crippen LogP contribution is -2.09. The van der Waals surface area contributed by atoms with Gasteiger partial charge in [-0.2, -0.15) is 0 Å². The van der Waals surface area contributed by atoms with Gasteiger partial charge >= 0.3 is 0 Å². The van der Waals surface area contributed by atoms with Gasteiger partial charge in [0.15, 0.2) is 0 Å². The van der Waals surface area contributed by atoms with Crippen molar-refractivity contribution in [3.8, 4) is 0 Å². The van der Waals surface area contributed by atoms with Crippen molar-refractivity contribution in [1.29, 1.82) is 0 Å². The van der Waals surface area contributed by atoms with Crippen LogP contribution in [0.2, 0.25) is 5.02 Å². The third kappa shape index (κ3) is 2.43. The molecule has 1 atom stereocenters. The maximum absolute atomic E-state index is 5.80. The minimum Gasteiger partial charge on any atom is -0.396 e. The number of nitrogens with two attached hydrogens (primary N) is 1. The summed E-state index contributed by atoms with van der Waals surface area (Å²) in [7, 11) is 0. The lowest BCUT2D eigenvalue weighted by molar-refractivity contribution is 0.862. The van der Waals surface area contributed by atoms with Gasteiger partial charge in [-0.05, 0) is 13.0 Å². The number of hydrogen-bond acceptors (Lipinski definition) is 5. The van der Waals surface area contributed by atoms with E-state index < -0.39 is 0 Å². The molecule has 0 saturated heterocycles. The second-order valence-corrected chi connectivity index (χ2v) is 4.69. The second-order valence-electron chi connectivity index (χ2n) is 3.33. The number of nitrogen functional groups attached to an aromatic ring is 1. The summed E-state index contributed by atoms with van der Waals surface area (Å²) < 4.78 is 0. The molecule has 0 aromatic carbocycles. The number of hydrogen-bond donors (Lipinski definition) is 2. The number of anilines is 2. The SMILES string of the molecule is CC(Nc1ncc(Cl)cc1N)c1nccs1. The van der Waals surface area contributed by atoms with Crippen molar-refractivity contribution in [2.24, 2.45) is 0 Å². The first-order chi connectivity index (χ1) is 7.66. The lowest BCUT2D eigenvalue weighted by Gasteiger charge is -2.13. The summed E-state index contributed by atoms with van der Waals surface area (Å²) in [6.07, 6.45) is 3.34. The largest absolute Gasteiger partial charge is 0.396 e. The molecular weight excluding hydrogens is 244 g/mol. The van der Waals surface area contributed by atoms with Gasteiger partial charge < -0.3 is 11.1 Å². The third-order valence-corrected chi connectivity index (χ3v) is 3.22. The van der Waals surface area contributed by atoms with Crippen molar-refractivity contribution in [2.45, 2.75) is 13.0 Å². The van der Waals surface area contributed by atoms with Gasteiger partial charge in [-0.15, -0.1) is 11.3 Å². The standard InChI is InChI=1S/C10H11ClN4S/c1-6(10-13-2-3-16-10)15-9-8(12)4-7(11)5-14-9/h2-6H,12H2,1H3,(H,14,15). The highest BCUT2D eigenvalue weighted by atomic mass is 35.5. The van der Waals surface area contributed by atoms with Crippen LogP contribution >= 0.6 is 22.9 Å². The Balaban J connectivity index is 2.15. The first kappa shape index (κ1) is 11.2. The third-order valence-electron chi connectivity index (χ3n) is 2.06. The summed E-state index contributed by atoms with van der Waals surface area (Å²) in [4.78, 5) is 8.36. The summed E-state index contributed by atoms with van der Waals surface area (Å²) in [5.41, 5.74) is 6.33. The number of halogens is 1. The van der Waals surface area contributed by atoms with Crippen molar-refractivity contribution < 1.29 is 0 Å². The Morgan fingerprint density at radius 3 is 2.94 bits per heavy atom. The van der Waals surface area contributed by atoms with Crippen LogP contribution in [0.1, 0.15) is 18.0 Å². The maximum atomic E-state index is 5.80. The Labute approximate surface area is 102 Å². The van der Waals surface area contributed by atoms with Gasteiger partial charge in [-0.25, -0.2) is 9.97 Å². The highest BCUT2D eigenvalue weighted by Gasteiger charge is 2.10. The second kappa shape index (κ2) is 4.67. The van der Waals surface area contributed by atoms with Crippen LogP contribution in [-0.4, -0.2) is 9.97 Å². The maximum Gasteiger partial charge on any atom is 0.149 e. The number of thiazole rings is 1. The van der Waals surface area contributed by atoms with Crippen molar-refractivity contribution in [1.82, 2.24) is 9.97 Å². The predicted octanol–water partition coefficient (Wildman–Crippen LogP) is 2.95. The van der Waals surface area contributed by atoms with E-state index in [1.807, 2.05) is 12.3 Å². The minimum absolute atomic E-state index is 0.0796. The molecule has 4 nitrogen and oxygen atoms in total. The number of aromatic nitrogens is 2. The van der Waals surface area contributed by atoms with E-state index in [4.69, 9.17) is 17.3 Å². The zero-order chi connectivity index (χ0) is 11.5. The van der Waals surface area contributed by atoms with Crippen LogP contribution in [0.3, 0.4) is 0 Å². The molecule has 0 aliphatic rings. The number of rotatable bonds is 3. The summed E-state index contributed by atoms with van der Waals surface area (Å²) >= 11 is 7.36. The zero-order valence-electron chi connectivity index (χ0n) is 8.64. The van der Waals surface area contributed by atoms with Gasteiger partial charge in [0.2, 0.25) is 0 Å². The van der Waals surface area contributed by atoms with Crippen molar-refractivity contribution in [3.63, 3.8) is 0 Å². The van der Waals surface area contributed by atoms with Crippen LogP contribution in [-0.2, 0) is 0 Å². The first-order valence-corrected chi connectivity index (χ1v) is 5.99. The van der Waals surface area contributed by atoms with Gasteiger partial charge in [-0.3, -0.25) is 0 Å². The quantitative estimate of drug-likeness (QED) is 0.884. The molecule has 0 amide bonds. The normalized spacial score (nSPS) is 12.4. The molecule has 6 heteroatoms. The molecule has 0 saturated carbocycles. The van der Waals surface area contributed by atoms with Crippen LogP contribution in [0.4, 0.5) is 11.5 Å². The van der Waals surface area contributed by atoms with Gasteiger partial charge in [0.05, 0.1) is 16.8 Å². The smallest absolute Gasteiger partial charge is 0.149 e. The van der Waals surface area contributed by atoms with Crippen LogP contribution in [0, 0.1) is 0 Å². The van der Waals surface area contributed by atoms with E-state index in [1.54, 1.807) is 29.8 Å². The van der Waals surface area contributed by atoms with E-state index in [-0.39, 0.29) is 6.04 Å². The monoisotopic (exact) mass is 254 g/mol. The fourth-order valence-corrected chi connectivity index (χ4v) is 2.10. The summed E-state index contributed by atoms with van der Waals surface area (Å²) in [6.45, 7) is 2.01. The number of nitrogens with one attached hydrogen (secondary N) is 1. The van der Waals surface area contributed by atoms with E-state index in [9.17, 15) is 0 Å². The Morgan fingerprint density at radius 1 is 1.50 bits per heavy atom. The molecule has 0 radical (unpaired) electrons. The summed E-state index contributed by atoms with van der Waals surface area (Å²) in [5, 5.41) is 6.66. The number of nitrogens with zero attached hydrogens (tertiary/aromatic N) is 2. The molecule has 2 aromatic heterocycles. The molecule has 0 spiro atoms. The molecular formula is C10H11ClN4S. The molecule has 16 heavy (non-hydrogen) atoms. The molecule has 1 unspecified atom stereocenters. The van der Waals surface area contributed by atoms with Crippen LogP contribution in [0.15, 0.2) is 23.8 Å². The molecule has 0 aliphatic heterocycles. The Morgan fingerprint density at radius 2 is 2.31 bits per heavy atom. The molecule has 84 valence electrons. The number of pyridine rings is 1. The van der Waals surface area contributed by atoms with E-state index in [0.717, 1.165) is 5.01 Å². The highest BCUT2D eigenvalue weighted by molar-refractivity contribution is 7.09. The fraction of sp³-hybridized carbons (Fsp3) is 0.200. The average Bonchev–Trinajstić information content (AvgIpc) is 2.75. The van der Waals surface area contributed by atoms with E-state index >= 15 is 0 Å². The van der Waals surface area contributed by atoms with Crippen LogP contribution < -0.4 is 11.1 Å². The van der Waals surface area contributed by atoms with E-state index in [0.29, 0.717) is 16.5 Å². The minimum atomic E-state index is 0.0796. The fourth-order valence-electron chi connectivity index (χ4n) is 1.29. The molecule has 0 aliphatic carbocycles. The van der Waals surface area contributed by atoms with Gasteiger partial charge in [-0.1, -0.05) is 11.6 Å². The summed E-state index contributed by atoms with van der Waals surface area (Å²) in [5.74, 6) is 0.632. The Kier molecular flexibility index (Phi) is 3.26. The summed E-state index contributed by atoms with van der Waals surface area (Å²) in [6, 6.07) is 1.75. The van der Waals surface area contributed by atoms with Gasteiger partial charge in [0.25, 0.3) is 0 Å². The van der Waals surface area contributed by atoms with Crippen molar-refractivity contribution in [3.05, 3.63) is 33.9 Å². The average molecular weight is 255 g/mol. The molecule has 0 bridgehead atoms. The van der Waals surface area contributed by atoms with Crippen LogP contribution in [0.25, 0.3) is 0 Å². The molecule has 2 heterocycles. The molecule has 0 fully saturated rings. The Bertz CT molecular complexity index is 472. The van der Waals surface area contributed by atoms with Crippen LogP contribution in [0.5, 0.6) is 0 Å². The van der Waals surface area contributed by atoms with Gasteiger partial charge in [0, 0.05) is 17.8 Å². The highest BCUT2D eigenvalue weighted by Crippen LogP contribution is 2.24. The zero-order valence-corrected chi connectivity index (χ0v) is 10.2. The predicted molar refractivity (Wildman–Crippen MR) is 67.8 cm³/mol. The molecule has 2 rings (SSSR count). The van der Waals surface area contributed by atoms with E-state index in [2.05, 4.69) is 15.3 Å². The first-order valence-electron chi connectivity index (χ1n) is 4.74. The Hall–Kier alpha value is -1.33. The van der Waals surface area contributed by atoms with E-state index in [1.165, 1.54) is 0 Å². The van der Waals surface area contributed by atoms with Gasteiger partial charge in [0.1, 0.15) is 10.8 Å².